The summed E-state index contributed by atoms with van der Waals surface area (Å²) in [6.45, 7) is 2.07. The van der Waals surface area contributed by atoms with E-state index in [0.717, 1.165) is 37.1 Å². The first-order valence-electron chi connectivity index (χ1n) is 9.62. The average Bonchev–Trinajstić information content (AvgIpc) is 3.38. The average molecular weight is 363 g/mol. The predicted molar refractivity (Wildman–Crippen MR) is 105 cm³/mol. The first-order chi connectivity index (χ1) is 13.1. The van der Waals surface area contributed by atoms with E-state index in [1.54, 1.807) is 0 Å². The highest BCUT2D eigenvalue weighted by molar-refractivity contribution is 5.89. The number of anilines is 1. The minimum atomic E-state index is -0.188. The Labute approximate surface area is 159 Å². The number of carbonyl (C=O) groups excluding carboxylic acids is 2. The van der Waals surface area contributed by atoms with E-state index in [0.29, 0.717) is 19.5 Å². The van der Waals surface area contributed by atoms with Crippen LogP contribution in [0.25, 0.3) is 0 Å². The zero-order valence-electron chi connectivity index (χ0n) is 15.4. The van der Waals surface area contributed by atoms with Gasteiger partial charge in [0.25, 0.3) is 0 Å². The molecule has 1 saturated heterocycles. The van der Waals surface area contributed by atoms with Gasteiger partial charge in [-0.2, -0.15) is 0 Å². The summed E-state index contributed by atoms with van der Waals surface area (Å²) in [5, 5.41) is 5.93. The lowest BCUT2D eigenvalue weighted by atomic mass is 9.96. The molecule has 27 heavy (non-hydrogen) atoms. The van der Waals surface area contributed by atoms with Crippen molar-refractivity contribution in [2.75, 3.05) is 18.4 Å². The lowest BCUT2D eigenvalue weighted by Gasteiger charge is -2.18. The Morgan fingerprint density at radius 1 is 1.07 bits per heavy atom. The van der Waals surface area contributed by atoms with Crippen LogP contribution in [0.2, 0.25) is 0 Å². The molecule has 140 valence electrons. The first-order valence-corrected chi connectivity index (χ1v) is 9.62. The Kier molecular flexibility index (Phi) is 4.84. The second kappa shape index (κ2) is 7.43. The number of amides is 3. The molecule has 5 heteroatoms. The number of nitrogens with one attached hydrogen (secondary N) is 2. The minimum absolute atomic E-state index is 0.0938. The summed E-state index contributed by atoms with van der Waals surface area (Å²) >= 11 is 0. The number of benzene rings is 2. The number of carbonyl (C=O) groups is 2. The lowest BCUT2D eigenvalue weighted by Crippen LogP contribution is -2.35. The molecule has 2 aromatic rings. The van der Waals surface area contributed by atoms with E-state index >= 15 is 0 Å². The second-order valence-electron chi connectivity index (χ2n) is 7.57. The smallest absolute Gasteiger partial charge is 0.319 e. The number of hydrogen-bond acceptors (Lipinski definition) is 2. The predicted octanol–water partition coefficient (Wildman–Crippen LogP) is 3.66. The number of likely N-dealkylation sites (tertiary alicyclic amines) is 1. The third-order valence-electron chi connectivity index (χ3n) is 5.56. The van der Waals surface area contributed by atoms with Gasteiger partial charge < -0.3 is 15.5 Å². The van der Waals surface area contributed by atoms with Gasteiger partial charge in [-0.1, -0.05) is 42.5 Å². The fraction of sp³-hybridized carbons (Fsp3) is 0.364. The van der Waals surface area contributed by atoms with E-state index < -0.39 is 0 Å². The van der Waals surface area contributed by atoms with Gasteiger partial charge in [0, 0.05) is 37.2 Å². The summed E-state index contributed by atoms with van der Waals surface area (Å²) in [6, 6.07) is 17.9. The van der Waals surface area contributed by atoms with Gasteiger partial charge in [-0.05, 0) is 42.5 Å². The van der Waals surface area contributed by atoms with Crippen molar-refractivity contribution in [1.82, 2.24) is 10.2 Å². The van der Waals surface area contributed by atoms with Gasteiger partial charge in [0.1, 0.15) is 0 Å². The molecule has 0 radical (unpaired) electrons. The molecular weight excluding hydrogens is 338 g/mol. The zero-order chi connectivity index (χ0) is 18.7. The summed E-state index contributed by atoms with van der Waals surface area (Å²) in [5.74, 6) is 0.210. The molecule has 0 bridgehead atoms. The van der Waals surface area contributed by atoms with Gasteiger partial charge in [0.2, 0.25) is 5.91 Å². The van der Waals surface area contributed by atoms with Crippen LogP contribution in [-0.4, -0.2) is 29.9 Å². The number of nitrogens with zero attached hydrogens (tertiary/aromatic N) is 1. The van der Waals surface area contributed by atoms with Crippen LogP contribution in [0.5, 0.6) is 0 Å². The summed E-state index contributed by atoms with van der Waals surface area (Å²) in [6.07, 6.45) is 3.79. The van der Waals surface area contributed by atoms with Gasteiger partial charge in [-0.3, -0.25) is 4.79 Å². The molecular formula is C22H25N3O2. The maximum Gasteiger partial charge on any atom is 0.319 e. The monoisotopic (exact) mass is 363 g/mol. The highest BCUT2D eigenvalue weighted by Gasteiger charge is 2.44. The SMILES string of the molecule is O=C(NCC1(c2ccccc2)CC1)Nc1cccc(CN2CCCC2=O)c1. The molecule has 0 atom stereocenters. The van der Waals surface area contributed by atoms with E-state index in [-0.39, 0.29) is 17.4 Å². The maximum atomic E-state index is 12.3. The van der Waals surface area contributed by atoms with Crippen LogP contribution >= 0.6 is 0 Å². The van der Waals surface area contributed by atoms with Gasteiger partial charge in [-0.25, -0.2) is 4.79 Å². The van der Waals surface area contributed by atoms with E-state index in [9.17, 15) is 9.59 Å². The zero-order valence-corrected chi connectivity index (χ0v) is 15.4. The Balaban J connectivity index is 1.32. The fourth-order valence-electron chi connectivity index (χ4n) is 3.77. The Hall–Kier alpha value is -2.82. The maximum absolute atomic E-state index is 12.3. The third-order valence-corrected chi connectivity index (χ3v) is 5.56. The van der Waals surface area contributed by atoms with E-state index in [2.05, 4.69) is 22.8 Å². The van der Waals surface area contributed by atoms with Crippen molar-refractivity contribution in [3.8, 4) is 0 Å². The molecule has 3 amide bonds. The van der Waals surface area contributed by atoms with Crippen molar-refractivity contribution >= 4 is 17.6 Å². The van der Waals surface area contributed by atoms with Gasteiger partial charge >= 0.3 is 6.03 Å². The molecule has 1 aliphatic heterocycles. The van der Waals surface area contributed by atoms with Crippen LogP contribution in [0.1, 0.15) is 36.8 Å². The van der Waals surface area contributed by atoms with Gasteiger partial charge in [-0.15, -0.1) is 0 Å². The van der Waals surface area contributed by atoms with E-state index in [1.807, 2.05) is 47.4 Å². The molecule has 2 aromatic carbocycles. The Bertz CT molecular complexity index is 830. The highest BCUT2D eigenvalue weighted by atomic mass is 16.2. The molecule has 5 nitrogen and oxygen atoms in total. The molecule has 0 spiro atoms. The summed E-state index contributed by atoms with van der Waals surface area (Å²) < 4.78 is 0. The quantitative estimate of drug-likeness (QED) is 0.823. The summed E-state index contributed by atoms with van der Waals surface area (Å²) in [5.41, 5.74) is 3.17. The highest BCUT2D eigenvalue weighted by Crippen LogP contribution is 2.47. The summed E-state index contributed by atoms with van der Waals surface area (Å²) in [4.78, 5) is 26.0. The van der Waals surface area contributed by atoms with Crippen LogP contribution in [-0.2, 0) is 16.8 Å². The summed E-state index contributed by atoms with van der Waals surface area (Å²) in [7, 11) is 0. The molecule has 0 unspecified atom stereocenters. The van der Waals surface area contributed by atoms with Gasteiger partial charge in [0.15, 0.2) is 0 Å². The van der Waals surface area contributed by atoms with Crippen molar-refractivity contribution < 1.29 is 9.59 Å². The van der Waals surface area contributed by atoms with Crippen LogP contribution in [0, 0.1) is 0 Å². The number of rotatable bonds is 6. The van der Waals surface area contributed by atoms with Gasteiger partial charge in [0.05, 0.1) is 0 Å². The largest absolute Gasteiger partial charge is 0.338 e. The standard InChI is InChI=1S/C22H25N3O2/c26-20-10-5-13-25(20)15-17-6-4-9-19(14-17)24-21(27)23-16-22(11-12-22)18-7-2-1-3-8-18/h1-4,6-9,14H,5,10-13,15-16H2,(H2,23,24,27). The van der Waals surface area contributed by atoms with Crippen molar-refractivity contribution in [3.05, 3.63) is 65.7 Å². The molecule has 2 aliphatic rings. The molecule has 1 saturated carbocycles. The topological polar surface area (TPSA) is 61.4 Å². The van der Waals surface area contributed by atoms with Crippen molar-refractivity contribution in [2.24, 2.45) is 0 Å². The number of urea groups is 1. The molecule has 1 aliphatic carbocycles. The molecule has 2 N–H and O–H groups in total. The van der Waals surface area contributed by atoms with Crippen molar-refractivity contribution in [1.29, 1.82) is 0 Å². The first kappa shape index (κ1) is 17.6. The second-order valence-corrected chi connectivity index (χ2v) is 7.57. The molecule has 0 aromatic heterocycles. The Morgan fingerprint density at radius 3 is 2.59 bits per heavy atom. The lowest BCUT2D eigenvalue weighted by molar-refractivity contribution is -0.128. The van der Waals surface area contributed by atoms with Crippen LogP contribution in [0.4, 0.5) is 10.5 Å². The van der Waals surface area contributed by atoms with E-state index in [4.69, 9.17) is 0 Å². The molecule has 4 rings (SSSR count). The van der Waals surface area contributed by atoms with Crippen LogP contribution in [0.15, 0.2) is 54.6 Å². The van der Waals surface area contributed by atoms with Crippen LogP contribution in [0.3, 0.4) is 0 Å². The van der Waals surface area contributed by atoms with E-state index in [1.165, 1.54) is 5.56 Å². The van der Waals surface area contributed by atoms with Crippen molar-refractivity contribution in [2.45, 2.75) is 37.6 Å². The van der Waals surface area contributed by atoms with Crippen LogP contribution < -0.4 is 10.6 Å². The Morgan fingerprint density at radius 2 is 1.89 bits per heavy atom. The van der Waals surface area contributed by atoms with Crippen molar-refractivity contribution in [3.63, 3.8) is 0 Å². The molecule has 1 heterocycles. The minimum Gasteiger partial charge on any atom is -0.338 e. The normalized spacial score (nSPS) is 17.6. The molecule has 2 fully saturated rings. The third kappa shape index (κ3) is 4.13. The number of hydrogen-bond donors (Lipinski definition) is 2. The fourth-order valence-corrected chi connectivity index (χ4v) is 3.77.